The summed E-state index contributed by atoms with van der Waals surface area (Å²) in [4.78, 5) is 12.7. The topological polar surface area (TPSA) is 17.1 Å². The molecule has 1 nitrogen and oxygen atoms in total. The maximum Gasteiger partial charge on any atom is 0.194 e. The number of rotatable bonds is 4. The molecule has 104 valence electrons. The van der Waals surface area contributed by atoms with E-state index in [1.54, 1.807) is 0 Å². The highest BCUT2D eigenvalue weighted by atomic mass is 127. The van der Waals surface area contributed by atoms with E-state index in [2.05, 4.69) is 58.4 Å². The minimum atomic E-state index is 0.0908. The lowest BCUT2D eigenvalue weighted by Crippen LogP contribution is -2.05. The van der Waals surface area contributed by atoms with Crippen molar-refractivity contribution in [2.75, 3.05) is 0 Å². The highest BCUT2D eigenvalue weighted by Gasteiger charge is 2.14. The zero-order valence-electron chi connectivity index (χ0n) is 11.5. The van der Waals surface area contributed by atoms with Gasteiger partial charge in [-0.25, -0.2) is 0 Å². The molecule has 2 rings (SSSR count). The average molecular weight is 443 g/mol. The fraction of sp³-hybridized carbons (Fsp3) is 0.235. The van der Waals surface area contributed by atoms with Crippen molar-refractivity contribution in [3.8, 4) is 0 Å². The lowest BCUT2D eigenvalue weighted by molar-refractivity contribution is 0.103. The van der Waals surface area contributed by atoms with Gasteiger partial charge in [0.25, 0.3) is 0 Å². The summed E-state index contributed by atoms with van der Waals surface area (Å²) in [5, 5.41) is 0. The first-order chi connectivity index (χ1) is 9.56. The van der Waals surface area contributed by atoms with E-state index in [1.165, 1.54) is 11.1 Å². The van der Waals surface area contributed by atoms with E-state index in [1.807, 2.05) is 30.3 Å². The second kappa shape index (κ2) is 6.85. The Morgan fingerprint density at radius 3 is 2.40 bits per heavy atom. The number of halogens is 2. The van der Waals surface area contributed by atoms with E-state index in [0.29, 0.717) is 0 Å². The summed E-state index contributed by atoms with van der Waals surface area (Å²) in [5.74, 6) is 0.0908. The van der Waals surface area contributed by atoms with Gasteiger partial charge in [-0.3, -0.25) is 4.79 Å². The first-order valence-corrected chi connectivity index (χ1v) is 8.55. The maximum absolute atomic E-state index is 12.7. The fourth-order valence-corrected chi connectivity index (χ4v) is 3.21. The second-order valence-electron chi connectivity index (χ2n) is 4.64. The molecule has 0 heterocycles. The number of hydrogen-bond donors (Lipinski definition) is 0. The van der Waals surface area contributed by atoms with Gasteiger partial charge in [-0.05, 0) is 70.8 Å². The summed E-state index contributed by atoms with van der Waals surface area (Å²) in [6.45, 7) is 4.28. The van der Waals surface area contributed by atoms with Gasteiger partial charge in [0.05, 0.1) is 0 Å². The Bertz CT molecular complexity index is 649. The number of benzene rings is 2. The van der Waals surface area contributed by atoms with E-state index in [0.717, 1.165) is 32.0 Å². The van der Waals surface area contributed by atoms with Gasteiger partial charge in [0, 0.05) is 19.2 Å². The Labute approximate surface area is 142 Å². The summed E-state index contributed by atoms with van der Waals surface area (Å²) >= 11 is 5.64. The van der Waals surface area contributed by atoms with Crippen molar-refractivity contribution in [1.29, 1.82) is 0 Å². The molecule has 0 bridgehead atoms. The van der Waals surface area contributed by atoms with Gasteiger partial charge < -0.3 is 0 Å². The van der Waals surface area contributed by atoms with Gasteiger partial charge in [-0.2, -0.15) is 0 Å². The van der Waals surface area contributed by atoms with Gasteiger partial charge in [-0.1, -0.05) is 41.9 Å². The van der Waals surface area contributed by atoms with E-state index in [4.69, 9.17) is 0 Å². The number of aryl methyl sites for hydroxylation is 2. The largest absolute Gasteiger partial charge is 0.289 e. The van der Waals surface area contributed by atoms with Crippen molar-refractivity contribution in [2.45, 2.75) is 26.7 Å². The third kappa shape index (κ3) is 3.31. The number of carbonyl (C=O) groups is 1. The zero-order chi connectivity index (χ0) is 14.7. The predicted octanol–water partition coefficient (Wildman–Crippen LogP) is 5.41. The van der Waals surface area contributed by atoms with Gasteiger partial charge in [0.15, 0.2) is 5.78 Å². The van der Waals surface area contributed by atoms with Crippen molar-refractivity contribution in [2.24, 2.45) is 0 Å². The van der Waals surface area contributed by atoms with Gasteiger partial charge >= 0.3 is 0 Å². The van der Waals surface area contributed by atoms with Crippen LogP contribution in [0.3, 0.4) is 0 Å². The standard InChI is InChI=1S/C17H16BrIO/c1-3-11-5-6-13(9-12(11)4-2)17(20)15-10-14(18)7-8-16(15)19/h5-10H,3-4H2,1-2H3. The van der Waals surface area contributed by atoms with Crippen LogP contribution in [0.25, 0.3) is 0 Å². The molecule has 0 aromatic heterocycles. The van der Waals surface area contributed by atoms with Crippen LogP contribution in [0.2, 0.25) is 0 Å². The highest BCUT2D eigenvalue weighted by Crippen LogP contribution is 2.23. The van der Waals surface area contributed by atoms with Crippen molar-refractivity contribution < 1.29 is 4.79 Å². The quantitative estimate of drug-likeness (QED) is 0.457. The minimum absolute atomic E-state index is 0.0908. The number of ketones is 1. The molecule has 0 unspecified atom stereocenters. The summed E-state index contributed by atoms with van der Waals surface area (Å²) in [6.07, 6.45) is 1.96. The Morgan fingerprint density at radius 1 is 1.05 bits per heavy atom. The monoisotopic (exact) mass is 442 g/mol. The molecule has 2 aromatic carbocycles. The summed E-state index contributed by atoms with van der Waals surface area (Å²) in [6, 6.07) is 11.9. The molecule has 0 N–H and O–H groups in total. The smallest absolute Gasteiger partial charge is 0.194 e. The highest BCUT2D eigenvalue weighted by molar-refractivity contribution is 14.1. The van der Waals surface area contributed by atoms with Crippen LogP contribution in [0.5, 0.6) is 0 Å². The Hall–Kier alpha value is -0.680. The molecular formula is C17H16BrIO. The van der Waals surface area contributed by atoms with E-state index >= 15 is 0 Å². The molecule has 0 atom stereocenters. The summed E-state index contributed by atoms with van der Waals surface area (Å²) in [5.41, 5.74) is 4.12. The lowest BCUT2D eigenvalue weighted by atomic mass is 9.96. The molecule has 0 aliphatic rings. The van der Waals surface area contributed by atoms with Crippen LogP contribution in [0.4, 0.5) is 0 Å². The van der Waals surface area contributed by atoms with E-state index in [9.17, 15) is 4.79 Å². The Balaban J connectivity index is 2.45. The fourth-order valence-electron chi connectivity index (χ4n) is 2.27. The molecule has 0 amide bonds. The maximum atomic E-state index is 12.7. The Morgan fingerprint density at radius 2 is 1.75 bits per heavy atom. The molecule has 3 heteroatoms. The van der Waals surface area contributed by atoms with Crippen LogP contribution in [0.1, 0.15) is 40.9 Å². The molecule has 0 aliphatic heterocycles. The van der Waals surface area contributed by atoms with Crippen LogP contribution >= 0.6 is 38.5 Å². The van der Waals surface area contributed by atoms with Crippen molar-refractivity contribution >= 4 is 44.3 Å². The molecular weight excluding hydrogens is 427 g/mol. The molecule has 0 fully saturated rings. The number of carbonyl (C=O) groups excluding carboxylic acids is 1. The third-order valence-electron chi connectivity index (χ3n) is 3.40. The second-order valence-corrected chi connectivity index (χ2v) is 6.72. The van der Waals surface area contributed by atoms with Crippen molar-refractivity contribution in [3.05, 3.63) is 66.7 Å². The normalized spacial score (nSPS) is 10.6. The van der Waals surface area contributed by atoms with Crippen molar-refractivity contribution in [3.63, 3.8) is 0 Å². The van der Waals surface area contributed by atoms with Crippen LogP contribution in [-0.2, 0) is 12.8 Å². The first kappa shape index (κ1) is 15.7. The molecule has 0 spiro atoms. The summed E-state index contributed by atoms with van der Waals surface area (Å²) in [7, 11) is 0. The molecule has 2 aromatic rings. The van der Waals surface area contributed by atoms with Crippen molar-refractivity contribution in [1.82, 2.24) is 0 Å². The van der Waals surface area contributed by atoms with Crippen LogP contribution in [0.15, 0.2) is 40.9 Å². The lowest BCUT2D eigenvalue weighted by Gasteiger charge is -2.09. The van der Waals surface area contributed by atoms with Gasteiger partial charge in [0.1, 0.15) is 0 Å². The number of hydrogen-bond acceptors (Lipinski definition) is 1. The molecule has 0 aliphatic carbocycles. The molecule has 0 radical (unpaired) electrons. The van der Waals surface area contributed by atoms with Gasteiger partial charge in [0.2, 0.25) is 0 Å². The predicted molar refractivity (Wildman–Crippen MR) is 95.5 cm³/mol. The summed E-state index contributed by atoms with van der Waals surface area (Å²) < 4.78 is 1.91. The third-order valence-corrected chi connectivity index (χ3v) is 4.84. The van der Waals surface area contributed by atoms with Gasteiger partial charge in [-0.15, -0.1) is 0 Å². The van der Waals surface area contributed by atoms with Crippen LogP contribution in [-0.4, -0.2) is 5.78 Å². The molecule has 20 heavy (non-hydrogen) atoms. The van der Waals surface area contributed by atoms with Crippen LogP contribution < -0.4 is 0 Å². The molecule has 0 saturated heterocycles. The van der Waals surface area contributed by atoms with E-state index < -0.39 is 0 Å². The zero-order valence-corrected chi connectivity index (χ0v) is 15.3. The minimum Gasteiger partial charge on any atom is -0.289 e. The Kier molecular flexibility index (Phi) is 5.38. The van der Waals surface area contributed by atoms with Crippen LogP contribution in [0, 0.1) is 3.57 Å². The molecule has 0 saturated carbocycles. The van der Waals surface area contributed by atoms with E-state index in [-0.39, 0.29) is 5.78 Å². The SMILES string of the molecule is CCc1ccc(C(=O)c2cc(Br)ccc2I)cc1CC. The average Bonchev–Trinajstić information content (AvgIpc) is 2.48. The first-order valence-electron chi connectivity index (χ1n) is 6.68.